The van der Waals surface area contributed by atoms with E-state index < -0.39 is 5.41 Å². The lowest BCUT2D eigenvalue weighted by molar-refractivity contribution is 0.660. The summed E-state index contributed by atoms with van der Waals surface area (Å²) in [7, 11) is 0. The molecule has 0 saturated carbocycles. The normalized spacial score (nSPS) is 14.8. The number of benzene rings is 11. The van der Waals surface area contributed by atoms with Crippen LogP contribution < -0.4 is 4.90 Å². The van der Waals surface area contributed by atoms with Gasteiger partial charge in [0.05, 0.1) is 11.1 Å². The van der Waals surface area contributed by atoms with Crippen molar-refractivity contribution in [2.75, 3.05) is 4.90 Å². The summed E-state index contributed by atoms with van der Waals surface area (Å²) in [5.74, 6) is 0. The molecule has 0 N–H and O–H groups in total. The van der Waals surface area contributed by atoms with Crippen LogP contribution in [-0.2, 0) is 16.2 Å². The molecule has 4 aliphatic carbocycles. The van der Waals surface area contributed by atoms with Gasteiger partial charge in [-0.15, -0.1) is 0 Å². The van der Waals surface area contributed by atoms with Crippen LogP contribution in [0.5, 0.6) is 0 Å². The van der Waals surface area contributed by atoms with Gasteiger partial charge in [-0.05, 0) is 159 Å². The van der Waals surface area contributed by atoms with Crippen molar-refractivity contribution in [3.63, 3.8) is 0 Å². The van der Waals surface area contributed by atoms with E-state index in [2.05, 4.69) is 281 Å². The first-order valence-corrected chi connectivity index (χ1v) is 26.3. The smallest absolute Gasteiger partial charge is 0.0725 e. The van der Waals surface area contributed by atoms with Gasteiger partial charge in [-0.3, -0.25) is 0 Å². The van der Waals surface area contributed by atoms with Crippen LogP contribution in [0.2, 0.25) is 0 Å². The molecular formula is C73H53N. The third kappa shape index (κ3) is 5.76. The highest BCUT2D eigenvalue weighted by Gasteiger charge is 2.54. The van der Waals surface area contributed by atoms with E-state index in [1.807, 2.05) is 0 Å². The number of hydrogen-bond acceptors (Lipinski definition) is 1. The fraction of sp³-hybridized carbons (Fsp3) is 0.0959. The van der Waals surface area contributed by atoms with Crippen LogP contribution in [0, 0.1) is 0 Å². The number of nitrogens with zero attached hydrogens (tertiary/aromatic N) is 1. The topological polar surface area (TPSA) is 3.24 Å². The van der Waals surface area contributed by atoms with Crippen LogP contribution in [0.4, 0.5) is 17.1 Å². The van der Waals surface area contributed by atoms with Gasteiger partial charge in [-0.2, -0.15) is 0 Å². The fourth-order valence-corrected chi connectivity index (χ4v) is 14.3. The molecule has 0 amide bonds. The maximum absolute atomic E-state index is 2.64. The second kappa shape index (κ2) is 15.6. The molecule has 0 atom stereocenters. The van der Waals surface area contributed by atoms with E-state index in [9.17, 15) is 0 Å². The average Bonchev–Trinajstić information content (AvgIpc) is 4.09. The fourth-order valence-electron chi connectivity index (χ4n) is 14.3. The van der Waals surface area contributed by atoms with Gasteiger partial charge in [-0.25, -0.2) is 0 Å². The minimum Gasteiger partial charge on any atom is -0.310 e. The van der Waals surface area contributed by atoms with Crippen molar-refractivity contribution in [2.45, 2.75) is 43.9 Å². The van der Waals surface area contributed by atoms with Crippen molar-refractivity contribution in [3.05, 3.63) is 293 Å². The van der Waals surface area contributed by atoms with E-state index in [1.54, 1.807) is 0 Å². The molecule has 1 nitrogen and oxygen atoms in total. The number of hydrogen-bond donors (Lipinski definition) is 0. The Bertz CT molecular complexity index is 4090. The molecule has 0 saturated heterocycles. The van der Waals surface area contributed by atoms with E-state index in [1.165, 1.54) is 122 Å². The molecule has 74 heavy (non-hydrogen) atoms. The van der Waals surface area contributed by atoms with Crippen LogP contribution in [0.15, 0.2) is 249 Å². The first-order valence-electron chi connectivity index (χ1n) is 26.3. The zero-order chi connectivity index (χ0) is 49.5. The monoisotopic (exact) mass is 943 g/mol. The number of rotatable bonds is 6. The Kier molecular flexibility index (Phi) is 9.04. The van der Waals surface area contributed by atoms with Crippen molar-refractivity contribution in [1.82, 2.24) is 0 Å². The lowest BCUT2D eigenvalue weighted by Crippen LogP contribution is -2.26. The summed E-state index contributed by atoms with van der Waals surface area (Å²) in [4.78, 5) is 2.55. The summed E-state index contributed by atoms with van der Waals surface area (Å²) < 4.78 is 0. The molecule has 15 rings (SSSR count). The van der Waals surface area contributed by atoms with Crippen molar-refractivity contribution in [2.24, 2.45) is 0 Å². The zero-order valence-corrected chi connectivity index (χ0v) is 42.1. The number of anilines is 3. The van der Waals surface area contributed by atoms with Crippen molar-refractivity contribution in [3.8, 4) is 77.9 Å². The number of para-hydroxylation sites is 1. The molecule has 0 unspecified atom stereocenters. The molecule has 0 heterocycles. The second-order valence-electron chi connectivity index (χ2n) is 21.9. The Morgan fingerprint density at radius 2 is 0.716 bits per heavy atom. The third-order valence-electron chi connectivity index (χ3n) is 17.4. The van der Waals surface area contributed by atoms with Gasteiger partial charge in [0.15, 0.2) is 0 Å². The van der Waals surface area contributed by atoms with Gasteiger partial charge in [0.2, 0.25) is 0 Å². The molecule has 0 bridgehead atoms. The quantitative estimate of drug-likeness (QED) is 0.161. The molecule has 4 aliphatic rings. The molecule has 11 aromatic rings. The summed E-state index contributed by atoms with van der Waals surface area (Å²) in [6.45, 7) is 9.69. The zero-order valence-electron chi connectivity index (χ0n) is 42.1. The second-order valence-corrected chi connectivity index (χ2v) is 21.9. The SMILES string of the molecule is CC1(C)c2ccccc2-c2ccc(N(c3cc(-c4ccccc4)cc(-c4cc5c(c6c4C(C)(C)c4ccccc4-6)-c4ccccc4C54c5ccccc5-c5ccccc54)c3)c3ccccc3-c3ccccc3)cc21. The Morgan fingerprint density at radius 1 is 0.257 bits per heavy atom. The maximum Gasteiger partial charge on any atom is 0.0725 e. The van der Waals surface area contributed by atoms with Crippen molar-refractivity contribution >= 4 is 17.1 Å². The Labute approximate surface area is 434 Å². The highest BCUT2D eigenvalue weighted by molar-refractivity contribution is 6.06. The largest absolute Gasteiger partial charge is 0.310 e. The van der Waals surface area contributed by atoms with Crippen LogP contribution in [0.25, 0.3) is 77.9 Å². The van der Waals surface area contributed by atoms with E-state index in [0.29, 0.717) is 0 Å². The Morgan fingerprint density at radius 3 is 1.35 bits per heavy atom. The Balaban J connectivity index is 1.06. The Hall–Kier alpha value is -8.78. The average molecular weight is 944 g/mol. The van der Waals surface area contributed by atoms with Gasteiger partial charge in [-0.1, -0.05) is 234 Å². The highest BCUT2D eigenvalue weighted by Crippen LogP contribution is 2.68. The summed E-state index contributed by atoms with van der Waals surface area (Å²) >= 11 is 0. The van der Waals surface area contributed by atoms with Crippen LogP contribution in [0.3, 0.4) is 0 Å². The first kappa shape index (κ1) is 42.9. The molecule has 0 aromatic heterocycles. The first-order chi connectivity index (χ1) is 36.2. The molecule has 0 aliphatic heterocycles. The third-order valence-corrected chi connectivity index (χ3v) is 17.4. The van der Waals surface area contributed by atoms with Crippen LogP contribution >= 0.6 is 0 Å². The molecule has 350 valence electrons. The predicted molar refractivity (Wildman–Crippen MR) is 309 cm³/mol. The van der Waals surface area contributed by atoms with E-state index in [4.69, 9.17) is 0 Å². The summed E-state index contributed by atoms with van der Waals surface area (Å²) in [5, 5.41) is 0. The highest BCUT2D eigenvalue weighted by atomic mass is 15.1. The lowest BCUT2D eigenvalue weighted by atomic mass is 9.69. The van der Waals surface area contributed by atoms with Gasteiger partial charge in [0.25, 0.3) is 0 Å². The van der Waals surface area contributed by atoms with Crippen molar-refractivity contribution in [1.29, 1.82) is 0 Å². The molecule has 1 heteroatoms. The maximum atomic E-state index is 2.64. The predicted octanol–water partition coefficient (Wildman–Crippen LogP) is 19.1. The minimum absolute atomic E-state index is 0.180. The van der Waals surface area contributed by atoms with E-state index >= 15 is 0 Å². The van der Waals surface area contributed by atoms with Gasteiger partial charge in [0, 0.05) is 27.8 Å². The van der Waals surface area contributed by atoms with Crippen molar-refractivity contribution < 1.29 is 0 Å². The van der Waals surface area contributed by atoms with Crippen LogP contribution in [-0.4, -0.2) is 0 Å². The van der Waals surface area contributed by atoms with E-state index in [-0.39, 0.29) is 10.8 Å². The number of fused-ring (bicyclic) bond motifs is 17. The lowest BCUT2D eigenvalue weighted by Gasteiger charge is -2.33. The molecule has 1 spiro atoms. The van der Waals surface area contributed by atoms with Gasteiger partial charge < -0.3 is 4.90 Å². The van der Waals surface area contributed by atoms with Crippen LogP contribution in [0.1, 0.15) is 72.2 Å². The standard InChI is InChI=1S/C73H53N/c1-71(2)60-33-17-11-28-53(60)56-40-39-50(44-65(56)71)74(67-38-22-16-27-52(67)47-25-9-6-10-26-47)51-42-48(46-23-7-5-8-24-46)41-49(43-51)59-45-66-68(69-57-31-14-18-34-61(57)72(3,4)70(59)69)58-32-15-21-37-64(58)73(66)62-35-19-12-29-54(62)55-30-13-20-36-63(55)73/h5-45H,1-4H3. The molecule has 11 aromatic carbocycles. The summed E-state index contributed by atoms with van der Waals surface area (Å²) in [6.07, 6.45) is 0. The molecular weight excluding hydrogens is 891 g/mol. The summed E-state index contributed by atoms with van der Waals surface area (Å²) in [6, 6.07) is 94.1. The van der Waals surface area contributed by atoms with E-state index in [0.717, 1.165) is 17.1 Å². The van der Waals surface area contributed by atoms with Gasteiger partial charge in [0.1, 0.15) is 0 Å². The molecule has 0 fully saturated rings. The van der Waals surface area contributed by atoms with Gasteiger partial charge >= 0.3 is 0 Å². The summed E-state index contributed by atoms with van der Waals surface area (Å²) in [5.41, 5.74) is 31.1. The molecule has 0 radical (unpaired) electrons. The minimum atomic E-state index is -0.514.